The normalized spacial score (nSPS) is 30.6. The highest BCUT2D eigenvalue weighted by atomic mass is 32.2. The zero-order valence-corrected chi connectivity index (χ0v) is 10.7. The fraction of sp³-hybridized carbons (Fsp3) is 1.00. The van der Waals surface area contributed by atoms with Gasteiger partial charge in [-0.25, -0.2) is 0 Å². The van der Waals surface area contributed by atoms with E-state index in [0.717, 1.165) is 12.0 Å². The standard InChI is InChI=1S/C12H24N2S/c1-11-10-15-9-8-14(11)7-4-12-2-5-13-6-3-12/h11-13H,2-10H2,1H3. The third-order valence-corrected chi connectivity index (χ3v) is 4.98. The summed E-state index contributed by atoms with van der Waals surface area (Å²) in [4.78, 5) is 2.69. The highest BCUT2D eigenvalue weighted by Crippen LogP contribution is 2.20. The van der Waals surface area contributed by atoms with E-state index in [0.29, 0.717) is 0 Å². The van der Waals surface area contributed by atoms with Crippen LogP contribution in [0, 0.1) is 5.92 Å². The molecule has 1 atom stereocenters. The second kappa shape index (κ2) is 6.12. The van der Waals surface area contributed by atoms with Gasteiger partial charge in [0.15, 0.2) is 0 Å². The second-order valence-corrected chi connectivity index (χ2v) is 6.09. The van der Waals surface area contributed by atoms with Gasteiger partial charge in [0.25, 0.3) is 0 Å². The first kappa shape index (κ1) is 11.7. The van der Waals surface area contributed by atoms with E-state index in [1.165, 1.54) is 56.9 Å². The topological polar surface area (TPSA) is 15.3 Å². The molecule has 2 aliphatic heterocycles. The first-order valence-corrected chi connectivity index (χ1v) is 7.54. The lowest BCUT2D eigenvalue weighted by Crippen LogP contribution is -2.41. The van der Waals surface area contributed by atoms with Crippen LogP contribution in [0.15, 0.2) is 0 Å². The van der Waals surface area contributed by atoms with E-state index in [2.05, 4.69) is 28.9 Å². The third-order valence-electron chi connectivity index (χ3n) is 3.79. The zero-order valence-electron chi connectivity index (χ0n) is 9.87. The number of thioether (sulfide) groups is 1. The van der Waals surface area contributed by atoms with E-state index >= 15 is 0 Å². The van der Waals surface area contributed by atoms with Crippen LogP contribution in [0.1, 0.15) is 26.2 Å². The van der Waals surface area contributed by atoms with Gasteiger partial charge in [-0.3, -0.25) is 4.90 Å². The smallest absolute Gasteiger partial charge is 0.0158 e. The molecule has 1 unspecified atom stereocenters. The number of nitrogens with zero attached hydrogens (tertiary/aromatic N) is 1. The third kappa shape index (κ3) is 3.65. The van der Waals surface area contributed by atoms with Crippen LogP contribution < -0.4 is 5.32 Å². The van der Waals surface area contributed by atoms with Crippen LogP contribution in [0.4, 0.5) is 0 Å². The largest absolute Gasteiger partial charge is 0.317 e. The van der Waals surface area contributed by atoms with Crippen molar-refractivity contribution in [2.24, 2.45) is 5.92 Å². The van der Waals surface area contributed by atoms with Crippen LogP contribution in [0.5, 0.6) is 0 Å². The number of rotatable bonds is 3. The monoisotopic (exact) mass is 228 g/mol. The summed E-state index contributed by atoms with van der Waals surface area (Å²) in [5, 5.41) is 3.44. The van der Waals surface area contributed by atoms with Crippen molar-refractivity contribution in [3.8, 4) is 0 Å². The van der Waals surface area contributed by atoms with Gasteiger partial charge in [0, 0.05) is 24.1 Å². The maximum Gasteiger partial charge on any atom is 0.0158 e. The van der Waals surface area contributed by atoms with E-state index in [1.54, 1.807) is 0 Å². The summed E-state index contributed by atoms with van der Waals surface area (Å²) < 4.78 is 0. The summed E-state index contributed by atoms with van der Waals surface area (Å²) >= 11 is 2.12. The summed E-state index contributed by atoms with van der Waals surface area (Å²) in [6.07, 6.45) is 4.23. The number of hydrogen-bond acceptors (Lipinski definition) is 3. The van der Waals surface area contributed by atoms with Gasteiger partial charge < -0.3 is 5.32 Å². The first-order chi connectivity index (χ1) is 7.36. The summed E-state index contributed by atoms with van der Waals surface area (Å²) in [5.41, 5.74) is 0. The fourth-order valence-electron chi connectivity index (χ4n) is 2.61. The molecule has 2 saturated heterocycles. The molecule has 2 heterocycles. The summed E-state index contributed by atoms with van der Waals surface area (Å²) in [6, 6.07) is 0.811. The van der Waals surface area contributed by atoms with Gasteiger partial charge in [0.1, 0.15) is 0 Å². The molecule has 2 rings (SSSR count). The van der Waals surface area contributed by atoms with Crippen molar-refractivity contribution in [3.63, 3.8) is 0 Å². The zero-order chi connectivity index (χ0) is 10.5. The Kier molecular flexibility index (Phi) is 4.79. The Morgan fingerprint density at radius 3 is 2.87 bits per heavy atom. The lowest BCUT2D eigenvalue weighted by atomic mass is 9.94. The van der Waals surface area contributed by atoms with Crippen LogP contribution in [0.3, 0.4) is 0 Å². The minimum atomic E-state index is 0.811. The molecule has 0 aromatic rings. The fourth-order valence-corrected chi connectivity index (χ4v) is 3.69. The molecule has 2 nitrogen and oxygen atoms in total. The molecule has 88 valence electrons. The Morgan fingerprint density at radius 2 is 2.13 bits per heavy atom. The SMILES string of the molecule is CC1CSCCN1CCC1CCNCC1. The van der Waals surface area contributed by atoms with E-state index in [4.69, 9.17) is 0 Å². The summed E-state index contributed by atoms with van der Waals surface area (Å²) in [5.74, 6) is 3.68. The molecular formula is C12H24N2S. The molecule has 0 amide bonds. The van der Waals surface area contributed by atoms with Crippen molar-refractivity contribution >= 4 is 11.8 Å². The van der Waals surface area contributed by atoms with Gasteiger partial charge in [-0.1, -0.05) is 0 Å². The molecule has 3 heteroatoms. The quantitative estimate of drug-likeness (QED) is 0.793. The van der Waals surface area contributed by atoms with E-state index in [-0.39, 0.29) is 0 Å². The molecule has 0 aromatic carbocycles. The maximum absolute atomic E-state index is 3.44. The number of nitrogens with one attached hydrogen (secondary N) is 1. The average Bonchev–Trinajstić information content (AvgIpc) is 2.29. The molecule has 1 N–H and O–H groups in total. The minimum absolute atomic E-state index is 0.811. The number of hydrogen-bond donors (Lipinski definition) is 1. The molecule has 0 spiro atoms. The molecule has 0 bridgehead atoms. The van der Waals surface area contributed by atoms with Crippen molar-refractivity contribution < 1.29 is 0 Å². The van der Waals surface area contributed by atoms with Crippen molar-refractivity contribution in [1.29, 1.82) is 0 Å². The molecule has 2 fully saturated rings. The van der Waals surface area contributed by atoms with Gasteiger partial charge in [-0.2, -0.15) is 11.8 Å². The van der Waals surface area contributed by atoms with Crippen molar-refractivity contribution in [3.05, 3.63) is 0 Å². The van der Waals surface area contributed by atoms with Crippen LogP contribution in [-0.4, -0.2) is 48.6 Å². The van der Waals surface area contributed by atoms with Crippen molar-refractivity contribution in [2.75, 3.05) is 37.7 Å². The highest BCUT2D eigenvalue weighted by Gasteiger charge is 2.20. The first-order valence-electron chi connectivity index (χ1n) is 6.39. The Bertz CT molecular complexity index is 180. The number of piperidine rings is 1. The predicted molar refractivity (Wildman–Crippen MR) is 68.6 cm³/mol. The molecule has 0 radical (unpaired) electrons. The Hall–Kier alpha value is 0.270. The molecule has 0 saturated carbocycles. The Morgan fingerprint density at radius 1 is 1.33 bits per heavy atom. The van der Waals surface area contributed by atoms with Crippen molar-refractivity contribution in [1.82, 2.24) is 10.2 Å². The van der Waals surface area contributed by atoms with Gasteiger partial charge in [-0.05, 0) is 51.7 Å². The minimum Gasteiger partial charge on any atom is -0.317 e. The van der Waals surface area contributed by atoms with Crippen LogP contribution in [0.25, 0.3) is 0 Å². The van der Waals surface area contributed by atoms with Gasteiger partial charge in [-0.15, -0.1) is 0 Å². The van der Waals surface area contributed by atoms with Crippen LogP contribution in [0.2, 0.25) is 0 Å². The lowest BCUT2D eigenvalue weighted by molar-refractivity contribution is 0.204. The molecular weight excluding hydrogens is 204 g/mol. The Labute approximate surface area is 98.2 Å². The van der Waals surface area contributed by atoms with Crippen LogP contribution in [-0.2, 0) is 0 Å². The van der Waals surface area contributed by atoms with Gasteiger partial charge >= 0.3 is 0 Å². The summed E-state index contributed by atoms with van der Waals surface area (Å²) in [6.45, 7) is 7.53. The molecule has 15 heavy (non-hydrogen) atoms. The van der Waals surface area contributed by atoms with E-state index < -0.39 is 0 Å². The highest BCUT2D eigenvalue weighted by molar-refractivity contribution is 7.99. The maximum atomic E-state index is 3.44. The van der Waals surface area contributed by atoms with Gasteiger partial charge in [0.2, 0.25) is 0 Å². The van der Waals surface area contributed by atoms with Crippen LogP contribution >= 0.6 is 11.8 Å². The molecule has 0 aromatic heterocycles. The van der Waals surface area contributed by atoms with E-state index in [1.807, 2.05) is 0 Å². The summed E-state index contributed by atoms with van der Waals surface area (Å²) in [7, 11) is 0. The lowest BCUT2D eigenvalue weighted by Gasteiger charge is -2.34. The van der Waals surface area contributed by atoms with E-state index in [9.17, 15) is 0 Å². The molecule has 2 aliphatic rings. The second-order valence-electron chi connectivity index (χ2n) is 4.94. The van der Waals surface area contributed by atoms with Gasteiger partial charge in [0.05, 0.1) is 0 Å². The average molecular weight is 228 g/mol. The van der Waals surface area contributed by atoms with Crippen molar-refractivity contribution in [2.45, 2.75) is 32.2 Å². The Balaban J connectivity index is 1.67. The predicted octanol–water partition coefficient (Wildman–Crippen LogP) is 1.81. The molecule has 0 aliphatic carbocycles.